The fraction of sp³-hybridized carbons (Fsp3) is 0.632. The largest absolute Gasteiger partial charge is 0.453 e. The van der Waals surface area contributed by atoms with Crippen LogP contribution in [0.5, 0.6) is 0 Å². The first-order valence-corrected chi connectivity index (χ1v) is 20.0. The lowest BCUT2D eigenvalue weighted by atomic mass is 9.57. The van der Waals surface area contributed by atoms with Gasteiger partial charge in [0, 0.05) is 50.4 Å². The number of rotatable bonds is 12. The van der Waals surface area contributed by atoms with Crippen LogP contribution in [0.15, 0.2) is 53.4 Å². The molecule has 0 bridgehead atoms. The average Bonchev–Trinajstić information content (AvgIpc) is 3.86. The van der Waals surface area contributed by atoms with Crippen molar-refractivity contribution in [3.05, 3.63) is 59.9 Å². The molecule has 3 heterocycles. The van der Waals surface area contributed by atoms with Crippen molar-refractivity contribution in [3.8, 4) is 0 Å². The van der Waals surface area contributed by atoms with Crippen LogP contribution < -0.4 is 15.5 Å². The van der Waals surface area contributed by atoms with Gasteiger partial charge in [0.05, 0.1) is 22.7 Å². The Morgan fingerprint density at radius 1 is 0.940 bits per heavy atom. The van der Waals surface area contributed by atoms with Crippen molar-refractivity contribution in [2.45, 2.75) is 73.0 Å². The molecule has 0 unspecified atom stereocenters. The maximum Gasteiger partial charge on any atom is 0.407 e. The Labute approximate surface area is 296 Å². The number of amides is 2. The van der Waals surface area contributed by atoms with E-state index in [-0.39, 0.29) is 40.3 Å². The summed E-state index contributed by atoms with van der Waals surface area (Å²) in [5, 5.41) is 5.84. The maximum atomic E-state index is 15.0. The highest BCUT2D eigenvalue weighted by molar-refractivity contribution is 7.92. The number of ether oxygens (including phenoxy) is 1. The van der Waals surface area contributed by atoms with Crippen LogP contribution in [0, 0.1) is 23.1 Å². The van der Waals surface area contributed by atoms with Gasteiger partial charge in [0.25, 0.3) is 0 Å². The molecule has 5 fully saturated rings. The summed E-state index contributed by atoms with van der Waals surface area (Å²) in [6.45, 7) is 6.32. The molecule has 3 aliphatic heterocycles. The molecule has 12 heteroatoms. The third kappa shape index (κ3) is 6.63. The van der Waals surface area contributed by atoms with Crippen LogP contribution in [0.1, 0.15) is 56.9 Å². The summed E-state index contributed by atoms with van der Waals surface area (Å²) in [5.74, 6) is 0.206. The number of anilines is 1. The quantitative estimate of drug-likeness (QED) is 0.338. The fourth-order valence-electron chi connectivity index (χ4n) is 9.64. The number of benzene rings is 2. The third-order valence-corrected chi connectivity index (χ3v) is 14.8. The van der Waals surface area contributed by atoms with Crippen LogP contribution in [0.25, 0.3) is 0 Å². The normalized spacial score (nSPS) is 25.6. The summed E-state index contributed by atoms with van der Waals surface area (Å²) < 4.78 is 45.5. The van der Waals surface area contributed by atoms with Gasteiger partial charge in [-0.05, 0) is 125 Å². The summed E-state index contributed by atoms with van der Waals surface area (Å²) in [6, 6.07) is 14.3. The highest BCUT2D eigenvalue weighted by atomic mass is 32.2. The maximum absolute atomic E-state index is 15.0. The molecule has 0 radical (unpaired) electrons. The molecule has 7 rings (SSSR count). The predicted molar refractivity (Wildman–Crippen MR) is 190 cm³/mol. The van der Waals surface area contributed by atoms with E-state index in [1.54, 1.807) is 25.2 Å². The number of likely N-dealkylation sites (tertiary alicyclic amines) is 2. The van der Waals surface area contributed by atoms with Gasteiger partial charge in [0.2, 0.25) is 5.91 Å². The molecule has 272 valence electrons. The molecular weight excluding hydrogens is 658 g/mol. The molecule has 5 aliphatic rings. The second kappa shape index (κ2) is 14.1. The molecule has 50 heavy (non-hydrogen) atoms. The van der Waals surface area contributed by atoms with Crippen molar-refractivity contribution in [3.63, 3.8) is 0 Å². The lowest BCUT2D eigenvalue weighted by Gasteiger charge is -2.55. The van der Waals surface area contributed by atoms with E-state index in [0.29, 0.717) is 24.5 Å². The van der Waals surface area contributed by atoms with E-state index in [0.717, 1.165) is 95.3 Å². The minimum absolute atomic E-state index is 0.0263. The van der Waals surface area contributed by atoms with E-state index in [4.69, 9.17) is 4.74 Å². The molecule has 0 aromatic heterocycles. The molecule has 2 aliphatic carbocycles. The monoisotopic (exact) mass is 709 g/mol. The van der Waals surface area contributed by atoms with Crippen molar-refractivity contribution >= 4 is 27.5 Å². The van der Waals surface area contributed by atoms with E-state index in [1.807, 2.05) is 18.2 Å². The second-order valence-electron chi connectivity index (χ2n) is 15.5. The van der Waals surface area contributed by atoms with Crippen molar-refractivity contribution in [1.29, 1.82) is 0 Å². The van der Waals surface area contributed by atoms with Crippen LogP contribution in [0.2, 0.25) is 0 Å². The summed E-state index contributed by atoms with van der Waals surface area (Å²) in [5.41, 5.74) is 1.04. The number of nitrogens with one attached hydrogen (secondary N) is 2. The summed E-state index contributed by atoms with van der Waals surface area (Å²) >= 11 is 0. The molecule has 2 saturated carbocycles. The first-order chi connectivity index (χ1) is 24.1. The molecule has 0 spiro atoms. The van der Waals surface area contributed by atoms with Gasteiger partial charge in [0.15, 0.2) is 9.84 Å². The summed E-state index contributed by atoms with van der Waals surface area (Å²) in [4.78, 5) is 33.4. The van der Waals surface area contributed by atoms with Crippen LogP contribution in [-0.4, -0.2) is 108 Å². The molecule has 2 amide bonds. The minimum Gasteiger partial charge on any atom is -0.453 e. The highest BCUT2D eigenvalue weighted by Gasteiger charge is 2.55. The van der Waals surface area contributed by atoms with Gasteiger partial charge in [0.1, 0.15) is 5.82 Å². The van der Waals surface area contributed by atoms with Crippen molar-refractivity contribution in [2.24, 2.45) is 17.3 Å². The standard InChI is InChI=1S/C38H52FN5O5S/c1-40-35(45)37(24-44(25-37)30-10-12-31(13-11-30)50(47,48)32-14-15-32)23-43-20-16-27(17-21-43)38(26-42-18-5-19-42,28-6-3-7-29(39)22-28)33-8-4-9-34(33)41-36(46)49-2/h3,6-7,10-13,22,27,32-34H,4-5,8-9,14-21,23-26H2,1-2H3,(H,40,45)(H,41,46)/t33-,34-,38-/m0/s1. The molecule has 2 aromatic rings. The number of methoxy groups -OCH3 is 1. The number of carbonyl (C=O) groups excluding carboxylic acids is 2. The van der Waals surface area contributed by atoms with Crippen molar-refractivity contribution in [2.75, 3.05) is 71.4 Å². The second-order valence-corrected chi connectivity index (χ2v) is 17.7. The van der Waals surface area contributed by atoms with Gasteiger partial charge in [-0.2, -0.15) is 0 Å². The molecule has 10 nitrogen and oxygen atoms in total. The van der Waals surface area contributed by atoms with E-state index >= 15 is 4.39 Å². The molecule has 2 N–H and O–H groups in total. The molecular formula is C38H52FN5O5S. The van der Waals surface area contributed by atoms with Gasteiger partial charge < -0.3 is 30.1 Å². The van der Waals surface area contributed by atoms with E-state index < -0.39 is 21.3 Å². The SMILES string of the molecule is CNC(=O)C1(CN2CCC([C@@](CN3CCC3)(c3cccc(F)c3)[C@H]3CCC[C@@H]3NC(=O)OC)CC2)CN(c2ccc(S(=O)(=O)C3CC3)cc2)C1. The zero-order valence-corrected chi connectivity index (χ0v) is 30.2. The van der Waals surface area contributed by atoms with Gasteiger partial charge in [-0.15, -0.1) is 0 Å². The Morgan fingerprint density at radius 3 is 2.26 bits per heavy atom. The van der Waals surface area contributed by atoms with E-state index in [1.165, 1.54) is 13.2 Å². The third-order valence-electron chi connectivity index (χ3n) is 12.5. The summed E-state index contributed by atoms with van der Waals surface area (Å²) in [7, 11) is -0.149. The number of nitrogens with zero attached hydrogens (tertiary/aromatic N) is 3. The van der Waals surface area contributed by atoms with Crippen LogP contribution in [-0.2, 0) is 24.8 Å². The van der Waals surface area contributed by atoms with Gasteiger partial charge >= 0.3 is 6.09 Å². The van der Waals surface area contributed by atoms with Gasteiger partial charge in [-0.25, -0.2) is 17.6 Å². The number of carbonyl (C=O) groups is 2. The topological polar surface area (TPSA) is 111 Å². The average molecular weight is 710 g/mol. The number of sulfone groups is 1. The predicted octanol–water partition coefficient (Wildman–Crippen LogP) is 4.19. The Kier molecular flexibility index (Phi) is 9.90. The van der Waals surface area contributed by atoms with Crippen molar-refractivity contribution < 1.29 is 27.1 Å². The minimum atomic E-state index is -3.25. The van der Waals surface area contributed by atoms with E-state index in [2.05, 4.69) is 31.4 Å². The lowest BCUT2D eigenvalue weighted by molar-refractivity contribution is -0.133. The Bertz CT molecular complexity index is 1650. The van der Waals surface area contributed by atoms with Crippen LogP contribution >= 0.6 is 0 Å². The zero-order valence-electron chi connectivity index (χ0n) is 29.4. The van der Waals surface area contributed by atoms with Gasteiger partial charge in [-0.1, -0.05) is 18.6 Å². The number of hydrogen-bond acceptors (Lipinski definition) is 8. The molecule has 2 aromatic carbocycles. The zero-order chi connectivity index (χ0) is 35.1. The van der Waals surface area contributed by atoms with E-state index in [9.17, 15) is 18.0 Å². The smallest absolute Gasteiger partial charge is 0.407 e. The summed E-state index contributed by atoms with van der Waals surface area (Å²) in [6.07, 6.45) is 6.88. The fourth-order valence-corrected chi connectivity index (χ4v) is 11.3. The molecule has 3 atom stereocenters. The first kappa shape index (κ1) is 35.2. The number of piperidine rings is 1. The Hall–Kier alpha value is -3.22. The molecule has 3 saturated heterocycles. The number of hydrogen-bond donors (Lipinski definition) is 2. The number of alkyl carbamates (subject to hydrolysis) is 1. The lowest BCUT2D eigenvalue weighted by Crippen LogP contribution is -2.67. The Balaban J connectivity index is 1.09. The highest BCUT2D eigenvalue weighted by Crippen LogP contribution is 2.52. The Morgan fingerprint density at radius 2 is 1.66 bits per heavy atom. The van der Waals surface area contributed by atoms with Crippen LogP contribution in [0.4, 0.5) is 14.9 Å². The van der Waals surface area contributed by atoms with Crippen molar-refractivity contribution in [1.82, 2.24) is 20.4 Å². The first-order valence-electron chi connectivity index (χ1n) is 18.4. The number of halogens is 1. The van der Waals surface area contributed by atoms with Gasteiger partial charge in [-0.3, -0.25) is 4.79 Å². The van der Waals surface area contributed by atoms with Crippen LogP contribution in [0.3, 0.4) is 0 Å².